The molecule has 2 aromatic rings. The van der Waals surface area contributed by atoms with E-state index >= 15 is 0 Å². The first-order chi connectivity index (χ1) is 10.1. The standard InChI is InChI=1S/C16H14BrNO3/c17-13-9-15-14(20-6-1-7-21-15)8-12(13)16(19)10-2-4-11(18)5-3-10/h2-5,8-9H,1,6-7,18H2. The van der Waals surface area contributed by atoms with Crippen molar-refractivity contribution in [1.29, 1.82) is 0 Å². The Morgan fingerprint density at radius 3 is 2.33 bits per heavy atom. The fourth-order valence-corrected chi connectivity index (χ4v) is 2.65. The number of ether oxygens (including phenoxy) is 2. The van der Waals surface area contributed by atoms with Gasteiger partial charge in [-0.1, -0.05) is 0 Å². The zero-order chi connectivity index (χ0) is 14.8. The molecule has 0 unspecified atom stereocenters. The fraction of sp³-hybridized carbons (Fsp3) is 0.188. The van der Waals surface area contributed by atoms with Crippen LogP contribution in [0.1, 0.15) is 22.3 Å². The van der Waals surface area contributed by atoms with Gasteiger partial charge in [0.2, 0.25) is 0 Å². The van der Waals surface area contributed by atoms with Crippen LogP contribution >= 0.6 is 15.9 Å². The lowest BCUT2D eigenvalue weighted by Crippen LogP contribution is -2.04. The topological polar surface area (TPSA) is 61.6 Å². The van der Waals surface area contributed by atoms with E-state index in [2.05, 4.69) is 15.9 Å². The number of fused-ring (bicyclic) bond motifs is 1. The second kappa shape index (κ2) is 5.77. The van der Waals surface area contributed by atoms with Crippen LogP contribution in [0.2, 0.25) is 0 Å². The first-order valence-electron chi connectivity index (χ1n) is 6.64. The maximum absolute atomic E-state index is 12.6. The predicted molar refractivity (Wildman–Crippen MR) is 84.0 cm³/mol. The molecule has 1 heterocycles. The van der Waals surface area contributed by atoms with Gasteiger partial charge >= 0.3 is 0 Å². The maximum atomic E-state index is 12.6. The van der Waals surface area contributed by atoms with Crippen LogP contribution in [0.25, 0.3) is 0 Å². The molecule has 4 nitrogen and oxygen atoms in total. The van der Waals surface area contributed by atoms with Crippen molar-refractivity contribution in [2.75, 3.05) is 18.9 Å². The highest BCUT2D eigenvalue weighted by molar-refractivity contribution is 9.10. The van der Waals surface area contributed by atoms with Crippen LogP contribution in [-0.2, 0) is 0 Å². The van der Waals surface area contributed by atoms with Crippen LogP contribution in [0, 0.1) is 0 Å². The average Bonchev–Trinajstić information content (AvgIpc) is 2.71. The van der Waals surface area contributed by atoms with Gasteiger partial charge in [0.1, 0.15) is 0 Å². The number of rotatable bonds is 2. The number of hydrogen-bond donors (Lipinski definition) is 1. The molecule has 21 heavy (non-hydrogen) atoms. The number of ketones is 1. The normalized spacial score (nSPS) is 13.6. The molecule has 0 atom stereocenters. The van der Waals surface area contributed by atoms with Gasteiger partial charge in [0.25, 0.3) is 0 Å². The number of nitrogen functional groups attached to an aromatic ring is 1. The summed E-state index contributed by atoms with van der Waals surface area (Å²) in [5.41, 5.74) is 7.40. The Morgan fingerprint density at radius 2 is 1.67 bits per heavy atom. The molecule has 1 aliphatic rings. The summed E-state index contributed by atoms with van der Waals surface area (Å²) >= 11 is 3.43. The second-order valence-corrected chi connectivity index (χ2v) is 5.63. The van der Waals surface area contributed by atoms with Crippen LogP contribution in [0.5, 0.6) is 11.5 Å². The summed E-state index contributed by atoms with van der Waals surface area (Å²) in [6.07, 6.45) is 0.827. The minimum absolute atomic E-state index is 0.0856. The molecule has 0 radical (unpaired) electrons. The maximum Gasteiger partial charge on any atom is 0.194 e. The summed E-state index contributed by atoms with van der Waals surface area (Å²) in [6, 6.07) is 10.4. The molecule has 5 heteroatoms. The minimum Gasteiger partial charge on any atom is -0.490 e. The van der Waals surface area contributed by atoms with Crippen LogP contribution in [0.15, 0.2) is 40.9 Å². The lowest BCUT2D eigenvalue weighted by atomic mass is 10.0. The third-order valence-corrected chi connectivity index (χ3v) is 3.91. The van der Waals surface area contributed by atoms with E-state index in [4.69, 9.17) is 15.2 Å². The monoisotopic (exact) mass is 347 g/mol. The molecule has 0 fully saturated rings. The third-order valence-electron chi connectivity index (χ3n) is 3.25. The van der Waals surface area contributed by atoms with Crippen molar-refractivity contribution in [2.45, 2.75) is 6.42 Å². The molecule has 0 spiro atoms. The van der Waals surface area contributed by atoms with E-state index in [1.54, 1.807) is 36.4 Å². The van der Waals surface area contributed by atoms with E-state index in [-0.39, 0.29) is 5.78 Å². The number of anilines is 1. The molecule has 0 saturated heterocycles. The molecule has 0 saturated carbocycles. The number of carbonyl (C=O) groups excluding carboxylic acids is 1. The number of benzene rings is 2. The molecule has 3 rings (SSSR count). The summed E-state index contributed by atoms with van der Waals surface area (Å²) in [4.78, 5) is 12.6. The SMILES string of the molecule is Nc1ccc(C(=O)c2cc3c(cc2Br)OCCCO3)cc1. The fourth-order valence-electron chi connectivity index (χ4n) is 2.15. The Morgan fingerprint density at radius 1 is 1.05 bits per heavy atom. The van der Waals surface area contributed by atoms with Gasteiger partial charge in [-0.3, -0.25) is 4.79 Å². The first kappa shape index (κ1) is 13.9. The molecule has 1 aliphatic heterocycles. The molecule has 0 amide bonds. The zero-order valence-corrected chi connectivity index (χ0v) is 12.9. The summed E-state index contributed by atoms with van der Waals surface area (Å²) in [7, 11) is 0. The highest BCUT2D eigenvalue weighted by Crippen LogP contribution is 2.36. The van der Waals surface area contributed by atoms with Crippen LogP contribution in [0.3, 0.4) is 0 Å². The summed E-state index contributed by atoms with van der Waals surface area (Å²) in [6.45, 7) is 1.20. The minimum atomic E-state index is -0.0856. The Bertz CT molecular complexity index is 683. The van der Waals surface area contributed by atoms with Gasteiger partial charge in [-0.05, 0) is 52.3 Å². The van der Waals surface area contributed by atoms with E-state index in [0.29, 0.717) is 46.0 Å². The molecule has 2 aromatic carbocycles. The van der Waals surface area contributed by atoms with Crippen molar-refractivity contribution < 1.29 is 14.3 Å². The van der Waals surface area contributed by atoms with Crippen LogP contribution in [0.4, 0.5) is 5.69 Å². The predicted octanol–water partition coefficient (Wildman–Crippen LogP) is 3.42. The lowest BCUT2D eigenvalue weighted by molar-refractivity contribution is 0.103. The number of nitrogens with two attached hydrogens (primary N) is 1. The van der Waals surface area contributed by atoms with Gasteiger partial charge in [0.15, 0.2) is 17.3 Å². The summed E-state index contributed by atoms with van der Waals surface area (Å²) in [5, 5.41) is 0. The van der Waals surface area contributed by atoms with Gasteiger partial charge in [-0.2, -0.15) is 0 Å². The van der Waals surface area contributed by atoms with Crippen molar-refractivity contribution >= 4 is 27.4 Å². The van der Waals surface area contributed by atoms with Crippen molar-refractivity contribution in [1.82, 2.24) is 0 Å². The smallest absolute Gasteiger partial charge is 0.194 e. The van der Waals surface area contributed by atoms with Crippen molar-refractivity contribution in [2.24, 2.45) is 0 Å². The molecule has 2 N–H and O–H groups in total. The van der Waals surface area contributed by atoms with Gasteiger partial charge in [0.05, 0.1) is 13.2 Å². The molecule has 0 aliphatic carbocycles. The number of halogens is 1. The Kier molecular flexibility index (Phi) is 3.84. The summed E-state index contributed by atoms with van der Waals surface area (Å²) in [5.74, 6) is 1.18. The largest absolute Gasteiger partial charge is 0.490 e. The van der Waals surface area contributed by atoms with E-state index in [0.717, 1.165) is 6.42 Å². The molecular weight excluding hydrogens is 334 g/mol. The zero-order valence-electron chi connectivity index (χ0n) is 11.3. The van der Waals surface area contributed by atoms with Crippen molar-refractivity contribution in [3.8, 4) is 11.5 Å². The second-order valence-electron chi connectivity index (χ2n) is 4.78. The van der Waals surface area contributed by atoms with Crippen LogP contribution in [-0.4, -0.2) is 19.0 Å². The highest BCUT2D eigenvalue weighted by Gasteiger charge is 2.19. The highest BCUT2D eigenvalue weighted by atomic mass is 79.9. The molecule has 0 bridgehead atoms. The van der Waals surface area contributed by atoms with Gasteiger partial charge in [-0.15, -0.1) is 0 Å². The van der Waals surface area contributed by atoms with E-state index in [1.165, 1.54) is 0 Å². The molecule has 0 aromatic heterocycles. The van der Waals surface area contributed by atoms with Gasteiger partial charge < -0.3 is 15.2 Å². The quantitative estimate of drug-likeness (QED) is 0.667. The lowest BCUT2D eigenvalue weighted by Gasteiger charge is -2.11. The van der Waals surface area contributed by atoms with Crippen LogP contribution < -0.4 is 15.2 Å². The molecule has 108 valence electrons. The van der Waals surface area contributed by atoms with E-state index < -0.39 is 0 Å². The Hall–Kier alpha value is -2.01. The van der Waals surface area contributed by atoms with E-state index in [1.807, 2.05) is 0 Å². The summed E-state index contributed by atoms with van der Waals surface area (Å²) < 4.78 is 11.9. The average molecular weight is 348 g/mol. The Balaban J connectivity index is 2.00. The Labute approximate surface area is 131 Å². The van der Waals surface area contributed by atoms with Crippen molar-refractivity contribution in [3.05, 3.63) is 52.0 Å². The van der Waals surface area contributed by atoms with Crippen molar-refractivity contribution in [3.63, 3.8) is 0 Å². The third kappa shape index (κ3) is 2.88. The van der Waals surface area contributed by atoms with Gasteiger partial charge in [-0.25, -0.2) is 0 Å². The first-order valence-corrected chi connectivity index (χ1v) is 7.44. The number of carbonyl (C=O) groups is 1. The number of hydrogen-bond acceptors (Lipinski definition) is 4. The van der Waals surface area contributed by atoms with E-state index in [9.17, 15) is 4.79 Å². The van der Waals surface area contributed by atoms with Gasteiger partial charge in [0, 0.05) is 27.7 Å². The molecular formula is C16H14BrNO3.